The smallest absolute Gasteiger partial charge is 0.0208 e. The highest BCUT2D eigenvalue weighted by molar-refractivity contribution is 14.1. The van der Waals surface area contributed by atoms with Crippen molar-refractivity contribution in [2.75, 3.05) is 0 Å². The van der Waals surface area contributed by atoms with E-state index in [1.807, 2.05) is 11.3 Å². The Kier molecular flexibility index (Phi) is 5.21. The summed E-state index contributed by atoms with van der Waals surface area (Å²) >= 11 is 4.24. The van der Waals surface area contributed by atoms with Crippen LogP contribution in [0.25, 0.3) is 0 Å². The minimum Gasteiger partial charge on any atom is -0.310 e. The molecule has 1 atom stereocenters. The highest BCUT2D eigenvalue weighted by Crippen LogP contribution is 2.16. The molecule has 1 N–H and O–H groups in total. The van der Waals surface area contributed by atoms with Gasteiger partial charge in [-0.05, 0) is 72.7 Å². The first kappa shape index (κ1) is 14.0. The van der Waals surface area contributed by atoms with E-state index in [4.69, 9.17) is 0 Å². The molecule has 2 rings (SSSR count). The zero-order valence-corrected chi connectivity index (χ0v) is 13.7. The van der Waals surface area contributed by atoms with E-state index in [2.05, 4.69) is 78.2 Å². The number of thiophene rings is 1. The number of nitrogens with one attached hydrogen (secondary N) is 1. The molecule has 1 unspecified atom stereocenters. The first-order valence-corrected chi connectivity index (χ1v) is 8.06. The van der Waals surface area contributed by atoms with Crippen molar-refractivity contribution >= 4 is 33.9 Å². The summed E-state index contributed by atoms with van der Waals surface area (Å²) in [7, 11) is 0. The molecule has 0 spiro atoms. The second-order valence-electron chi connectivity index (χ2n) is 4.62. The molecule has 2 aromatic rings. The molecule has 18 heavy (non-hydrogen) atoms. The summed E-state index contributed by atoms with van der Waals surface area (Å²) in [5.41, 5.74) is 1.35. The number of aryl methyl sites for hydroxylation is 1. The molecular formula is C15H18INS. The molecule has 0 aliphatic rings. The number of halogens is 1. The molecule has 0 bridgehead atoms. The van der Waals surface area contributed by atoms with Crippen molar-refractivity contribution in [1.29, 1.82) is 0 Å². The molecule has 0 radical (unpaired) electrons. The van der Waals surface area contributed by atoms with Crippen LogP contribution in [-0.2, 0) is 13.0 Å². The Morgan fingerprint density at radius 3 is 2.50 bits per heavy atom. The summed E-state index contributed by atoms with van der Waals surface area (Å²) in [5, 5.41) is 3.58. The van der Waals surface area contributed by atoms with E-state index in [-0.39, 0.29) is 0 Å². The first-order chi connectivity index (χ1) is 8.63. The van der Waals surface area contributed by atoms with Gasteiger partial charge in [-0.1, -0.05) is 12.1 Å². The Morgan fingerprint density at radius 2 is 1.89 bits per heavy atom. The minimum atomic E-state index is 0.516. The van der Waals surface area contributed by atoms with Crippen LogP contribution in [0, 0.1) is 10.5 Å². The van der Waals surface area contributed by atoms with E-state index in [1.165, 1.54) is 18.9 Å². The number of benzene rings is 1. The van der Waals surface area contributed by atoms with Gasteiger partial charge in [-0.2, -0.15) is 0 Å². The summed E-state index contributed by atoms with van der Waals surface area (Å²) in [6.07, 6.45) is 1.11. The van der Waals surface area contributed by atoms with Crippen LogP contribution >= 0.6 is 33.9 Å². The summed E-state index contributed by atoms with van der Waals surface area (Å²) < 4.78 is 1.29. The minimum absolute atomic E-state index is 0.516. The van der Waals surface area contributed by atoms with Gasteiger partial charge in [0.15, 0.2) is 0 Å². The van der Waals surface area contributed by atoms with E-state index in [9.17, 15) is 0 Å². The van der Waals surface area contributed by atoms with Gasteiger partial charge in [0, 0.05) is 25.9 Å². The van der Waals surface area contributed by atoms with Crippen molar-refractivity contribution in [2.24, 2.45) is 0 Å². The lowest BCUT2D eigenvalue weighted by molar-refractivity contribution is 0.548. The molecule has 1 aromatic carbocycles. The molecule has 96 valence electrons. The van der Waals surface area contributed by atoms with E-state index in [0.29, 0.717) is 6.04 Å². The highest BCUT2D eigenvalue weighted by atomic mass is 127. The van der Waals surface area contributed by atoms with E-state index in [1.54, 1.807) is 0 Å². The molecule has 0 aliphatic carbocycles. The molecule has 0 fully saturated rings. The monoisotopic (exact) mass is 371 g/mol. The Hall–Kier alpha value is -0.390. The summed E-state index contributed by atoms with van der Waals surface area (Å²) in [6.45, 7) is 5.36. The van der Waals surface area contributed by atoms with Crippen molar-refractivity contribution in [3.8, 4) is 0 Å². The molecule has 3 heteroatoms. The van der Waals surface area contributed by atoms with E-state index < -0.39 is 0 Å². The Morgan fingerprint density at radius 1 is 1.17 bits per heavy atom. The zero-order valence-electron chi connectivity index (χ0n) is 10.7. The number of hydrogen-bond acceptors (Lipinski definition) is 2. The van der Waals surface area contributed by atoms with Gasteiger partial charge in [-0.15, -0.1) is 11.3 Å². The van der Waals surface area contributed by atoms with Crippen LogP contribution in [0.1, 0.15) is 22.2 Å². The number of hydrogen-bond donors (Lipinski definition) is 1. The van der Waals surface area contributed by atoms with Crippen LogP contribution < -0.4 is 5.32 Å². The lowest BCUT2D eigenvalue weighted by Crippen LogP contribution is -2.27. The molecule has 1 heterocycles. The second kappa shape index (κ2) is 6.68. The lowest BCUT2D eigenvalue weighted by Gasteiger charge is -2.12. The molecule has 1 aromatic heterocycles. The molecule has 0 aliphatic heterocycles. The van der Waals surface area contributed by atoms with Crippen molar-refractivity contribution in [1.82, 2.24) is 5.32 Å². The van der Waals surface area contributed by atoms with E-state index >= 15 is 0 Å². The van der Waals surface area contributed by atoms with E-state index in [0.717, 1.165) is 13.0 Å². The third-order valence-electron chi connectivity index (χ3n) is 2.87. The van der Waals surface area contributed by atoms with Crippen molar-refractivity contribution in [3.05, 3.63) is 55.3 Å². The van der Waals surface area contributed by atoms with Crippen LogP contribution in [0.3, 0.4) is 0 Å². The maximum atomic E-state index is 3.58. The predicted molar refractivity (Wildman–Crippen MR) is 88.2 cm³/mol. The van der Waals surface area contributed by atoms with Gasteiger partial charge >= 0.3 is 0 Å². The summed E-state index contributed by atoms with van der Waals surface area (Å²) in [6, 6.07) is 13.7. The fraction of sp³-hybridized carbons (Fsp3) is 0.333. The van der Waals surface area contributed by atoms with Gasteiger partial charge < -0.3 is 5.32 Å². The van der Waals surface area contributed by atoms with Crippen molar-refractivity contribution in [2.45, 2.75) is 32.9 Å². The maximum Gasteiger partial charge on any atom is 0.0208 e. The molecular weight excluding hydrogens is 353 g/mol. The highest BCUT2D eigenvalue weighted by Gasteiger charge is 2.05. The molecule has 0 amide bonds. The van der Waals surface area contributed by atoms with Crippen LogP contribution in [0.15, 0.2) is 36.4 Å². The quantitative estimate of drug-likeness (QED) is 0.770. The van der Waals surface area contributed by atoms with Crippen molar-refractivity contribution < 1.29 is 0 Å². The van der Waals surface area contributed by atoms with Crippen LogP contribution in [0.4, 0.5) is 0 Å². The average molecular weight is 371 g/mol. The fourth-order valence-electron chi connectivity index (χ4n) is 1.86. The topological polar surface area (TPSA) is 12.0 Å². The van der Waals surface area contributed by atoms with Gasteiger partial charge in [-0.3, -0.25) is 0 Å². The Bertz CT molecular complexity index is 489. The van der Waals surface area contributed by atoms with Gasteiger partial charge in [0.1, 0.15) is 0 Å². The first-order valence-electron chi connectivity index (χ1n) is 6.16. The van der Waals surface area contributed by atoms with Crippen molar-refractivity contribution in [3.63, 3.8) is 0 Å². The third kappa shape index (κ3) is 4.37. The fourth-order valence-corrected chi connectivity index (χ4v) is 3.24. The third-order valence-corrected chi connectivity index (χ3v) is 4.61. The lowest BCUT2D eigenvalue weighted by atomic mass is 10.2. The van der Waals surface area contributed by atoms with Crippen LogP contribution in [-0.4, -0.2) is 6.04 Å². The predicted octanol–water partition coefficient (Wildman–Crippen LogP) is 4.38. The van der Waals surface area contributed by atoms with Gasteiger partial charge in [0.2, 0.25) is 0 Å². The molecule has 0 saturated heterocycles. The second-order valence-corrected chi connectivity index (χ2v) is 7.24. The van der Waals surface area contributed by atoms with Crippen LogP contribution in [0.5, 0.6) is 0 Å². The van der Waals surface area contributed by atoms with Gasteiger partial charge in [-0.25, -0.2) is 0 Å². The zero-order chi connectivity index (χ0) is 13.0. The standard InChI is InChI=1S/C15H18INS/c1-11(9-15-8-3-12(2)18-15)17-10-13-4-6-14(16)7-5-13/h3-8,11,17H,9-10H2,1-2H3. The maximum absolute atomic E-state index is 3.58. The number of rotatable bonds is 5. The SMILES string of the molecule is Cc1ccc(CC(C)NCc2ccc(I)cc2)s1. The van der Waals surface area contributed by atoms with Gasteiger partial charge in [0.05, 0.1) is 0 Å². The molecule has 0 saturated carbocycles. The normalized spacial score (nSPS) is 12.6. The average Bonchev–Trinajstić information content (AvgIpc) is 2.74. The molecule has 1 nitrogen and oxygen atoms in total. The summed E-state index contributed by atoms with van der Waals surface area (Å²) in [5.74, 6) is 0. The Labute approximate surface area is 127 Å². The van der Waals surface area contributed by atoms with Gasteiger partial charge in [0.25, 0.3) is 0 Å². The van der Waals surface area contributed by atoms with Crippen LogP contribution in [0.2, 0.25) is 0 Å². The summed E-state index contributed by atoms with van der Waals surface area (Å²) in [4.78, 5) is 2.87. The Balaban J connectivity index is 1.81. The largest absolute Gasteiger partial charge is 0.310 e.